The van der Waals surface area contributed by atoms with Crippen LogP contribution in [0.2, 0.25) is 5.02 Å². The minimum Gasteiger partial charge on any atom is -0.313 e. The quantitative estimate of drug-likeness (QED) is 0.865. The van der Waals surface area contributed by atoms with Crippen LogP contribution in [0.15, 0.2) is 22.7 Å². The number of rotatable bonds is 5. The lowest BCUT2D eigenvalue weighted by Gasteiger charge is -2.26. The summed E-state index contributed by atoms with van der Waals surface area (Å²) in [5, 5.41) is 4.40. The number of nitrogens with zero attached hydrogens (tertiary/aromatic N) is 1. The average Bonchev–Trinajstić information content (AvgIpc) is 2.77. The monoisotopic (exact) mass is 344 g/mol. The van der Waals surface area contributed by atoms with Crippen LogP contribution in [-0.2, 0) is 6.54 Å². The Morgan fingerprint density at radius 1 is 1.47 bits per heavy atom. The van der Waals surface area contributed by atoms with Gasteiger partial charge < -0.3 is 5.32 Å². The summed E-state index contributed by atoms with van der Waals surface area (Å²) in [7, 11) is 0. The van der Waals surface area contributed by atoms with Crippen molar-refractivity contribution in [2.45, 2.75) is 45.3 Å². The Morgan fingerprint density at radius 2 is 2.26 bits per heavy atom. The highest BCUT2D eigenvalue weighted by atomic mass is 79.9. The average molecular weight is 346 g/mol. The fraction of sp³-hybridized carbons (Fsp3) is 0.600. The maximum Gasteiger partial charge on any atom is 0.0462 e. The van der Waals surface area contributed by atoms with E-state index in [0.29, 0.717) is 12.1 Å². The molecule has 1 aromatic carbocycles. The molecular weight excluding hydrogens is 324 g/mol. The van der Waals surface area contributed by atoms with Gasteiger partial charge in [0.15, 0.2) is 0 Å². The van der Waals surface area contributed by atoms with E-state index in [1.165, 1.54) is 24.9 Å². The van der Waals surface area contributed by atoms with Crippen molar-refractivity contribution in [3.05, 3.63) is 33.3 Å². The summed E-state index contributed by atoms with van der Waals surface area (Å²) in [5.74, 6) is 0. The molecule has 0 radical (unpaired) electrons. The van der Waals surface area contributed by atoms with Gasteiger partial charge in [-0.2, -0.15) is 0 Å². The third kappa shape index (κ3) is 4.45. The molecule has 19 heavy (non-hydrogen) atoms. The van der Waals surface area contributed by atoms with Gasteiger partial charge in [-0.1, -0.05) is 47.4 Å². The molecule has 1 heterocycles. The van der Waals surface area contributed by atoms with E-state index in [4.69, 9.17) is 11.6 Å². The number of nitrogens with one attached hydrogen (secondary N) is 1. The van der Waals surface area contributed by atoms with Crippen LogP contribution in [0.3, 0.4) is 0 Å². The standard InChI is InChI=1S/C15H22BrClN2/c1-11(2)18-9-14-4-3-7-19(14)10-12-5-6-13(16)8-15(12)17/h5-6,8,11,14,18H,3-4,7,9-10H2,1-2H3. The second-order valence-corrected chi connectivity index (χ2v) is 6.89. The van der Waals surface area contributed by atoms with Gasteiger partial charge >= 0.3 is 0 Å². The van der Waals surface area contributed by atoms with Crippen LogP contribution in [0.5, 0.6) is 0 Å². The fourth-order valence-electron chi connectivity index (χ4n) is 2.57. The number of hydrogen-bond donors (Lipinski definition) is 1. The van der Waals surface area contributed by atoms with E-state index < -0.39 is 0 Å². The van der Waals surface area contributed by atoms with Crippen LogP contribution >= 0.6 is 27.5 Å². The smallest absolute Gasteiger partial charge is 0.0462 e. The van der Waals surface area contributed by atoms with Crippen LogP contribution in [0.4, 0.5) is 0 Å². The van der Waals surface area contributed by atoms with E-state index in [2.05, 4.69) is 52.1 Å². The SMILES string of the molecule is CC(C)NCC1CCCN1Cc1ccc(Br)cc1Cl. The van der Waals surface area contributed by atoms with Gasteiger partial charge in [0.1, 0.15) is 0 Å². The van der Waals surface area contributed by atoms with Crippen molar-refractivity contribution < 1.29 is 0 Å². The molecule has 0 amide bonds. The highest BCUT2D eigenvalue weighted by molar-refractivity contribution is 9.10. The minimum atomic E-state index is 0.554. The molecule has 1 unspecified atom stereocenters. The molecule has 0 bridgehead atoms. The molecule has 0 saturated carbocycles. The number of benzene rings is 1. The van der Waals surface area contributed by atoms with Gasteiger partial charge in [-0.15, -0.1) is 0 Å². The second kappa shape index (κ2) is 7.07. The number of likely N-dealkylation sites (tertiary alicyclic amines) is 1. The van der Waals surface area contributed by atoms with Gasteiger partial charge in [0.2, 0.25) is 0 Å². The Bertz CT molecular complexity index is 423. The molecule has 1 N–H and O–H groups in total. The molecule has 1 atom stereocenters. The normalized spacial score (nSPS) is 20.4. The summed E-state index contributed by atoms with van der Waals surface area (Å²) in [5.41, 5.74) is 1.22. The van der Waals surface area contributed by atoms with Crippen LogP contribution in [0.1, 0.15) is 32.3 Å². The van der Waals surface area contributed by atoms with Crippen molar-refractivity contribution in [3.8, 4) is 0 Å². The molecule has 0 aromatic heterocycles. The Labute approximate surface area is 129 Å². The van der Waals surface area contributed by atoms with Gasteiger partial charge in [-0.25, -0.2) is 0 Å². The van der Waals surface area contributed by atoms with Gasteiger partial charge in [0.05, 0.1) is 0 Å². The summed E-state index contributed by atoms with van der Waals surface area (Å²) in [6.45, 7) is 7.61. The van der Waals surface area contributed by atoms with Gasteiger partial charge in [0.25, 0.3) is 0 Å². The number of halogens is 2. The van der Waals surface area contributed by atoms with Crippen molar-refractivity contribution in [1.29, 1.82) is 0 Å². The van der Waals surface area contributed by atoms with Gasteiger partial charge in [-0.3, -0.25) is 4.90 Å². The molecule has 2 nitrogen and oxygen atoms in total. The van der Waals surface area contributed by atoms with Gasteiger partial charge in [-0.05, 0) is 37.1 Å². The van der Waals surface area contributed by atoms with Crippen molar-refractivity contribution in [1.82, 2.24) is 10.2 Å². The first-order valence-corrected chi connectivity index (χ1v) is 8.14. The van der Waals surface area contributed by atoms with E-state index in [-0.39, 0.29) is 0 Å². The maximum atomic E-state index is 6.31. The summed E-state index contributed by atoms with van der Waals surface area (Å²) in [4.78, 5) is 2.55. The molecule has 1 aromatic rings. The molecular formula is C15H22BrClN2. The third-order valence-electron chi connectivity index (χ3n) is 3.65. The zero-order valence-electron chi connectivity index (χ0n) is 11.6. The summed E-state index contributed by atoms with van der Waals surface area (Å²) < 4.78 is 1.04. The van der Waals surface area contributed by atoms with E-state index in [1.807, 2.05) is 6.07 Å². The van der Waals surface area contributed by atoms with E-state index in [1.54, 1.807) is 0 Å². The van der Waals surface area contributed by atoms with Crippen molar-refractivity contribution in [2.24, 2.45) is 0 Å². The lowest BCUT2D eigenvalue weighted by Crippen LogP contribution is -2.39. The Balaban J connectivity index is 1.97. The first kappa shape index (κ1) is 15.3. The summed E-state index contributed by atoms with van der Waals surface area (Å²) >= 11 is 9.76. The first-order chi connectivity index (χ1) is 9.06. The highest BCUT2D eigenvalue weighted by Gasteiger charge is 2.24. The zero-order valence-corrected chi connectivity index (χ0v) is 14.0. The molecule has 0 spiro atoms. The van der Waals surface area contributed by atoms with Crippen LogP contribution in [-0.4, -0.2) is 30.1 Å². The minimum absolute atomic E-state index is 0.554. The van der Waals surface area contributed by atoms with E-state index in [0.717, 1.165) is 22.6 Å². The largest absolute Gasteiger partial charge is 0.313 e. The fourth-order valence-corrected chi connectivity index (χ4v) is 3.31. The van der Waals surface area contributed by atoms with Crippen LogP contribution in [0, 0.1) is 0 Å². The van der Waals surface area contributed by atoms with Crippen LogP contribution < -0.4 is 5.32 Å². The zero-order chi connectivity index (χ0) is 13.8. The Kier molecular flexibility index (Phi) is 5.70. The molecule has 1 fully saturated rings. The highest BCUT2D eigenvalue weighted by Crippen LogP contribution is 2.26. The lowest BCUT2D eigenvalue weighted by molar-refractivity contribution is 0.236. The third-order valence-corrected chi connectivity index (χ3v) is 4.49. The molecule has 1 aliphatic rings. The first-order valence-electron chi connectivity index (χ1n) is 6.97. The van der Waals surface area contributed by atoms with E-state index >= 15 is 0 Å². The van der Waals surface area contributed by atoms with E-state index in [9.17, 15) is 0 Å². The Morgan fingerprint density at radius 3 is 2.95 bits per heavy atom. The van der Waals surface area contributed by atoms with Crippen LogP contribution in [0.25, 0.3) is 0 Å². The molecule has 4 heteroatoms. The summed E-state index contributed by atoms with van der Waals surface area (Å²) in [6.07, 6.45) is 2.58. The van der Waals surface area contributed by atoms with Crippen molar-refractivity contribution in [2.75, 3.05) is 13.1 Å². The molecule has 2 rings (SSSR count). The van der Waals surface area contributed by atoms with Gasteiger partial charge in [0, 0.05) is 34.7 Å². The number of hydrogen-bond acceptors (Lipinski definition) is 2. The summed E-state index contributed by atoms with van der Waals surface area (Å²) in [6, 6.07) is 7.37. The van der Waals surface area contributed by atoms with Crippen molar-refractivity contribution in [3.63, 3.8) is 0 Å². The van der Waals surface area contributed by atoms with Crippen molar-refractivity contribution >= 4 is 27.5 Å². The molecule has 106 valence electrons. The molecule has 1 saturated heterocycles. The Hall–Kier alpha value is -0.0900. The topological polar surface area (TPSA) is 15.3 Å². The lowest BCUT2D eigenvalue weighted by atomic mass is 10.1. The maximum absolute atomic E-state index is 6.31. The second-order valence-electron chi connectivity index (χ2n) is 5.57. The molecule has 1 aliphatic heterocycles. The molecule has 0 aliphatic carbocycles. The predicted octanol–water partition coefficient (Wildman–Crippen LogP) is 4.06. The predicted molar refractivity (Wildman–Crippen MR) is 85.7 cm³/mol.